The highest BCUT2D eigenvalue weighted by Gasteiger charge is 2.04. The molecule has 0 aliphatic heterocycles. The Morgan fingerprint density at radius 3 is 1.94 bits per heavy atom. The zero-order valence-corrected chi connectivity index (χ0v) is 11.1. The topological polar surface area (TPSA) is 0 Å². The molecule has 0 atom stereocenters. The van der Waals surface area contributed by atoms with Crippen LogP contribution in [0, 0.1) is 13.8 Å². The Bertz CT molecular complexity index is 504. The molecule has 0 spiro atoms. The van der Waals surface area contributed by atoms with E-state index in [4.69, 9.17) is 0 Å². The predicted molar refractivity (Wildman–Crippen MR) is 75.4 cm³/mol. The fourth-order valence-corrected chi connectivity index (χ4v) is 2.06. The molecule has 2 aromatic rings. The Labute approximate surface area is 104 Å². The minimum absolute atomic E-state index is 0.582. The first-order chi connectivity index (χ1) is 8.06. The predicted octanol–water partition coefficient (Wildman–Crippen LogP) is 5.09. The van der Waals surface area contributed by atoms with E-state index in [-0.39, 0.29) is 0 Å². The van der Waals surface area contributed by atoms with E-state index in [1.54, 1.807) is 0 Å². The van der Waals surface area contributed by atoms with Crippen molar-refractivity contribution in [3.05, 3.63) is 59.2 Å². The van der Waals surface area contributed by atoms with Crippen LogP contribution in [0.15, 0.2) is 42.5 Å². The Balaban J connectivity index is 2.48. The molecule has 0 saturated heterocycles. The van der Waals surface area contributed by atoms with Crippen LogP contribution < -0.4 is 0 Å². The molecule has 0 N–H and O–H groups in total. The maximum atomic E-state index is 2.31. The SMILES string of the molecule is Cc1ccc(-c2cc(C)cc(C(C)C)c2)cc1. The van der Waals surface area contributed by atoms with E-state index in [0.717, 1.165) is 0 Å². The minimum Gasteiger partial charge on any atom is -0.0587 e. The molecule has 0 heterocycles. The first kappa shape index (κ1) is 11.9. The first-order valence-electron chi connectivity index (χ1n) is 6.25. The molecule has 0 heteroatoms. The molecular weight excluding hydrogens is 204 g/mol. The number of hydrogen-bond donors (Lipinski definition) is 0. The summed E-state index contributed by atoms with van der Waals surface area (Å²) in [6.07, 6.45) is 0. The van der Waals surface area contributed by atoms with Gasteiger partial charge in [-0.2, -0.15) is 0 Å². The maximum Gasteiger partial charge on any atom is -0.0179 e. The molecule has 0 fully saturated rings. The lowest BCUT2D eigenvalue weighted by Crippen LogP contribution is -1.90. The van der Waals surface area contributed by atoms with Crippen molar-refractivity contribution in [3.63, 3.8) is 0 Å². The Morgan fingerprint density at radius 1 is 0.706 bits per heavy atom. The van der Waals surface area contributed by atoms with Crippen molar-refractivity contribution >= 4 is 0 Å². The zero-order valence-electron chi connectivity index (χ0n) is 11.1. The van der Waals surface area contributed by atoms with Gasteiger partial charge in [0.15, 0.2) is 0 Å². The molecule has 0 unspecified atom stereocenters. The molecule has 2 aromatic carbocycles. The van der Waals surface area contributed by atoms with E-state index in [1.807, 2.05) is 0 Å². The summed E-state index contributed by atoms with van der Waals surface area (Å²) >= 11 is 0. The quantitative estimate of drug-likeness (QED) is 0.666. The van der Waals surface area contributed by atoms with Crippen molar-refractivity contribution in [3.8, 4) is 11.1 Å². The van der Waals surface area contributed by atoms with Gasteiger partial charge in [-0.3, -0.25) is 0 Å². The Morgan fingerprint density at radius 2 is 1.35 bits per heavy atom. The molecule has 0 nitrogen and oxygen atoms in total. The van der Waals surface area contributed by atoms with Crippen molar-refractivity contribution in [1.82, 2.24) is 0 Å². The highest BCUT2D eigenvalue weighted by Crippen LogP contribution is 2.26. The number of aryl methyl sites for hydroxylation is 2. The molecule has 0 aliphatic carbocycles. The molecule has 0 saturated carbocycles. The lowest BCUT2D eigenvalue weighted by atomic mass is 9.95. The van der Waals surface area contributed by atoms with Crippen LogP contribution in [-0.2, 0) is 0 Å². The van der Waals surface area contributed by atoms with Gasteiger partial charge < -0.3 is 0 Å². The molecule has 2 rings (SSSR count). The van der Waals surface area contributed by atoms with E-state index in [1.165, 1.54) is 27.8 Å². The van der Waals surface area contributed by atoms with Crippen molar-refractivity contribution in [2.75, 3.05) is 0 Å². The van der Waals surface area contributed by atoms with Crippen LogP contribution in [0.3, 0.4) is 0 Å². The summed E-state index contributed by atoms with van der Waals surface area (Å²) < 4.78 is 0. The van der Waals surface area contributed by atoms with Gasteiger partial charge in [0, 0.05) is 0 Å². The smallest absolute Gasteiger partial charge is 0.0179 e. The number of benzene rings is 2. The standard InChI is InChI=1S/C17H20/c1-12(2)16-9-14(4)10-17(11-16)15-7-5-13(3)6-8-15/h5-12H,1-4H3. The van der Waals surface area contributed by atoms with Gasteiger partial charge in [-0.25, -0.2) is 0 Å². The summed E-state index contributed by atoms with van der Waals surface area (Å²) in [5.41, 5.74) is 6.70. The largest absolute Gasteiger partial charge is 0.0587 e. The molecule has 0 bridgehead atoms. The van der Waals surface area contributed by atoms with Crippen LogP contribution in [0.5, 0.6) is 0 Å². The van der Waals surface area contributed by atoms with E-state index in [0.29, 0.717) is 5.92 Å². The second-order valence-corrected chi connectivity index (χ2v) is 5.15. The van der Waals surface area contributed by atoms with Crippen molar-refractivity contribution in [1.29, 1.82) is 0 Å². The van der Waals surface area contributed by atoms with E-state index < -0.39 is 0 Å². The second-order valence-electron chi connectivity index (χ2n) is 5.15. The lowest BCUT2D eigenvalue weighted by molar-refractivity contribution is 0.865. The molecule has 88 valence electrons. The fraction of sp³-hybridized carbons (Fsp3) is 0.294. The lowest BCUT2D eigenvalue weighted by Gasteiger charge is -2.10. The zero-order chi connectivity index (χ0) is 12.4. The van der Waals surface area contributed by atoms with Crippen LogP contribution >= 0.6 is 0 Å². The average Bonchev–Trinajstić information content (AvgIpc) is 2.29. The van der Waals surface area contributed by atoms with Gasteiger partial charge in [-0.15, -0.1) is 0 Å². The third kappa shape index (κ3) is 2.76. The fourth-order valence-electron chi connectivity index (χ4n) is 2.06. The number of rotatable bonds is 2. The summed E-state index contributed by atoms with van der Waals surface area (Å²) in [5, 5.41) is 0. The van der Waals surface area contributed by atoms with Crippen molar-refractivity contribution in [2.45, 2.75) is 33.6 Å². The Hall–Kier alpha value is -1.56. The van der Waals surface area contributed by atoms with Gasteiger partial charge in [0.25, 0.3) is 0 Å². The molecule has 0 radical (unpaired) electrons. The Kier molecular flexibility index (Phi) is 3.33. The van der Waals surface area contributed by atoms with Gasteiger partial charge in [0.1, 0.15) is 0 Å². The summed E-state index contributed by atoms with van der Waals surface area (Å²) in [4.78, 5) is 0. The highest BCUT2D eigenvalue weighted by atomic mass is 14.1. The van der Waals surface area contributed by atoms with Gasteiger partial charge >= 0.3 is 0 Å². The first-order valence-corrected chi connectivity index (χ1v) is 6.25. The van der Waals surface area contributed by atoms with E-state index in [2.05, 4.69) is 70.2 Å². The summed E-state index contributed by atoms with van der Waals surface area (Å²) in [7, 11) is 0. The van der Waals surface area contributed by atoms with Crippen LogP contribution in [-0.4, -0.2) is 0 Å². The number of hydrogen-bond acceptors (Lipinski definition) is 0. The van der Waals surface area contributed by atoms with Gasteiger partial charge in [0.2, 0.25) is 0 Å². The summed E-state index contributed by atoms with van der Waals surface area (Å²) in [6.45, 7) is 8.78. The van der Waals surface area contributed by atoms with Crippen LogP contribution in [0.1, 0.15) is 36.5 Å². The molecule has 17 heavy (non-hydrogen) atoms. The maximum absolute atomic E-state index is 2.31. The minimum atomic E-state index is 0.582. The van der Waals surface area contributed by atoms with Crippen LogP contribution in [0.2, 0.25) is 0 Å². The van der Waals surface area contributed by atoms with Gasteiger partial charge in [-0.1, -0.05) is 67.4 Å². The van der Waals surface area contributed by atoms with Crippen molar-refractivity contribution in [2.24, 2.45) is 0 Å². The monoisotopic (exact) mass is 224 g/mol. The second kappa shape index (κ2) is 4.75. The van der Waals surface area contributed by atoms with E-state index in [9.17, 15) is 0 Å². The average molecular weight is 224 g/mol. The normalized spacial score (nSPS) is 10.9. The highest BCUT2D eigenvalue weighted by molar-refractivity contribution is 5.65. The third-order valence-corrected chi connectivity index (χ3v) is 3.15. The summed E-state index contributed by atoms with van der Waals surface area (Å²) in [6, 6.07) is 15.6. The molecule has 0 aromatic heterocycles. The third-order valence-electron chi connectivity index (χ3n) is 3.15. The molecule has 0 amide bonds. The van der Waals surface area contributed by atoms with Gasteiger partial charge in [0.05, 0.1) is 0 Å². The molecule has 0 aliphatic rings. The van der Waals surface area contributed by atoms with Crippen molar-refractivity contribution < 1.29 is 0 Å². The van der Waals surface area contributed by atoms with E-state index >= 15 is 0 Å². The molecular formula is C17H20. The van der Waals surface area contributed by atoms with Crippen LogP contribution in [0.4, 0.5) is 0 Å². The van der Waals surface area contributed by atoms with Crippen LogP contribution in [0.25, 0.3) is 11.1 Å². The summed E-state index contributed by atoms with van der Waals surface area (Å²) in [5.74, 6) is 0.582. The van der Waals surface area contributed by atoms with Gasteiger partial charge in [-0.05, 0) is 36.5 Å².